The topological polar surface area (TPSA) is 91.7 Å². The molecule has 2 rings (SSSR count). The van der Waals surface area contributed by atoms with Gasteiger partial charge in [-0.3, -0.25) is 14.4 Å². The summed E-state index contributed by atoms with van der Waals surface area (Å²) in [5, 5.41) is 7.96. The fourth-order valence-electron chi connectivity index (χ4n) is 2.73. The van der Waals surface area contributed by atoms with E-state index in [2.05, 4.69) is 16.0 Å². The van der Waals surface area contributed by atoms with Gasteiger partial charge >= 0.3 is 0 Å². The van der Waals surface area contributed by atoms with Crippen molar-refractivity contribution in [3.05, 3.63) is 53.8 Å². The van der Waals surface area contributed by atoms with Gasteiger partial charge in [0, 0.05) is 18.3 Å². The summed E-state index contributed by atoms with van der Waals surface area (Å²) in [6, 6.07) is 11.3. The average molecular weight is 401 g/mol. The van der Waals surface area contributed by atoms with Crippen LogP contribution < -0.4 is 20.9 Å². The first-order valence-electron chi connectivity index (χ1n) is 9.34. The molecule has 0 aromatic heterocycles. The van der Waals surface area contributed by atoms with E-state index in [1.165, 1.54) is 19.1 Å². The summed E-state index contributed by atoms with van der Waals surface area (Å²) in [7, 11) is 0. The van der Waals surface area contributed by atoms with E-state index in [9.17, 15) is 18.8 Å². The third-order valence-corrected chi connectivity index (χ3v) is 4.21. The number of likely N-dealkylation sites (N-methyl/N-ethyl adjacent to an activating group) is 1. The van der Waals surface area contributed by atoms with Crippen LogP contribution in [0.5, 0.6) is 0 Å². The van der Waals surface area contributed by atoms with Crippen LogP contribution in [0.4, 0.5) is 21.5 Å². The molecule has 2 aromatic rings. The number of anilines is 3. The van der Waals surface area contributed by atoms with Crippen LogP contribution in [0.3, 0.4) is 0 Å². The molecule has 0 heterocycles. The number of quaternary nitrogens is 1. The van der Waals surface area contributed by atoms with Crippen molar-refractivity contribution in [1.29, 1.82) is 0 Å². The van der Waals surface area contributed by atoms with E-state index in [1.807, 2.05) is 6.92 Å². The molecule has 1 atom stereocenters. The summed E-state index contributed by atoms with van der Waals surface area (Å²) in [5.41, 5.74) is 2.12. The van der Waals surface area contributed by atoms with Crippen molar-refractivity contribution in [2.75, 3.05) is 35.6 Å². The predicted octanol–water partition coefficient (Wildman–Crippen LogP) is 1.57. The fourth-order valence-corrected chi connectivity index (χ4v) is 2.73. The number of nitrogens with one attached hydrogen (secondary N) is 4. The quantitative estimate of drug-likeness (QED) is 0.541. The van der Waals surface area contributed by atoms with Crippen molar-refractivity contribution in [2.45, 2.75) is 20.8 Å². The molecule has 2 aromatic carbocycles. The van der Waals surface area contributed by atoms with E-state index in [0.29, 0.717) is 17.9 Å². The standard InChI is InChI=1S/C21H25FN4O3/c1-4-26(13-21(29)25-19-10-5-14(2)11-18(19)22)12-20(28)24-17-8-6-16(7-9-17)23-15(3)27/h5-11H,4,12-13H2,1-3H3,(H,23,27)(H,24,28)(H,25,29)/p+1. The molecule has 7 nitrogen and oxygen atoms in total. The van der Waals surface area contributed by atoms with E-state index in [0.717, 1.165) is 10.5 Å². The van der Waals surface area contributed by atoms with Crippen LogP contribution >= 0.6 is 0 Å². The lowest BCUT2D eigenvalue weighted by atomic mass is 10.2. The Bertz CT molecular complexity index is 884. The maximum absolute atomic E-state index is 13.9. The van der Waals surface area contributed by atoms with Gasteiger partial charge in [-0.25, -0.2) is 4.39 Å². The Balaban J connectivity index is 1.87. The van der Waals surface area contributed by atoms with Crippen molar-refractivity contribution in [3.63, 3.8) is 0 Å². The van der Waals surface area contributed by atoms with Crippen LogP contribution in [0.15, 0.2) is 42.5 Å². The molecule has 1 unspecified atom stereocenters. The Morgan fingerprint density at radius 2 is 1.45 bits per heavy atom. The number of aryl methyl sites for hydroxylation is 1. The summed E-state index contributed by atoms with van der Waals surface area (Å²) < 4.78 is 13.9. The van der Waals surface area contributed by atoms with Gasteiger partial charge in [-0.1, -0.05) is 6.07 Å². The molecule has 0 aliphatic carbocycles. The van der Waals surface area contributed by atoms with Crippen LogP contribution in [0.2, 0.25) is 0 Å². The second kappa shape index (κ2) is 10.3. The number of carbonyl (C=O) groups is 3. The van der Waals surface area contributed by atoms with Gasteiger partial charge in [-0.2, -0.15) is 0 Å². The largest absolute Gasteiger partial charge is 0.326 e. The normalized spacial score (nSPS) is 11.4. The molecule has 0 fully saturated rings. The molecule has 0 saturated carbocycles. The molecule has 0 radical (unpaired) electrons. The molecule has 0 aliphatic rings. The second-order valence-electron chi connectivity index (χ2n) is 6.80. The lowest BCUT2D eigenvalue weighted by Gasteiger charge is -2.17. The Morgan fingerprint density at radius 1 is 0.897 bits per heavy atom. The molecule has 0 saturated heterocycles. The van der Waals surface area contributed by atoms with E-state index in [-0.39, 0.29) is 36.5 Å². The third kappa shape index (κ3) is 7.34. The summed E-state index contributed by atoms with van der Waals surface area (Å²) in [6.07, 6.45) is 0. The highest BCUT2D eigenvalue weighted by Crippen LogP contribution is 2.15. The first-order chi connectivity index (χ1) is 13.8. The number of rotatable bonds is 8. The number of carbonyl (C=O) groups excluding carboxylic acids is 3. The summed E-state index contributed by atoms with van der Waals surface area (Å²) in [6.45, 7) is 5.74. The summed E-state index contributed by atoms with van der Waals surface area (Å²) >= 11 is 0. The number of amides is 3. The first kappa shape index (κ1) is 22.0. The molecule has 3 amide bonds. The monoisotopic (exact) mass is 401 g/mol. The average Bonchev–Trinajstić information content (AvgIpc) is 2.64. The van der Waals surface area contributed by atoms with E-state index < -0.39 is 5.82 Å². The highest BCUT2D eigenvalue weighted by molar-refractivity contribution is 5.94. The maximum atomic E-state index is 13.9. The van der Waals surface area contributed by atoms with E-state index in [4.69, 9.17) is 0 Å². The fraction of sp³-hybridized carbons (Fsp3) is 0.286. The zero-order valence-electron chi connectivity index (χ0n) is 16.8. The lowest BCUT2D eigenvalue weighted by Crippen LogP contribution is -3.13. The van der Waals surface area contributed by atoms with E-state index >= 15 is 0 Å². The molecule has 0 bridgehead atoms. The van der Waals surface area contributed by atoms with Crippen molar-refractivity contribution >= 4 is 34.8 Å². The number of benzene rings is 2. The zero-order chi connectivity index (χ0) is 21.4. The Labute approximate surface area is 169 Å². The summed E-state index contributed by atoms with van der Waals surface area (Å²) in [4.78, 5) is 36.3. The zero-order valence-corrected chi connectivity index (χ0v) is 16.8. The second-order valence-corrected chi connectivity index (χ2v) is 6.80. The first-order valence-corrected chi connectivity index (χ1v) is 9.34. The van der Waals surface area contributed by atoms with Gasteiger partial charge in [-0.05, 0) is 55.8 Å². The lowest BCUT2D eigenvalue weighted by molar-refractivity contribution is -0.881. The van der Waals surface area contributed by atoms with Gasteiger partial charge in [0.25, 0.3) is 11.8 Å². The predicted molar refractivity (Wildman–Crippen MR) is 110 cm³/mol. The van der Waals surface area contributed by atoms with Crippen LogP contribution in [0.25, 0.3) is 0 Å². The van der Waals surface area contributed by atoms with Gasteiger partial charge in [0.05, 0.1) is 12.2 Å². The Morgan fingerprint density at radius 3 is 1.97 bits per heavy atom. The minimum absolute atomic E-state index is 0.0404. The van der Waals surface area contributed by atoms with Gasteiger partial charge in [0.1, 0.15) is 5.82 Å². The summed E-state index contributed by atoms with van der Waals surface area (Å²) in [5.74, 6) is -1.27. The van der Waals surface area contributed by atoms with Gasteiger partial charge in [0.2, 0.25) is 5.91 Å². The van der Waals surface area contributed by atoms with Crippen LogP contribution in [0, 0.1) is 12.7 Å². The van der Waals surface area contributed by atoms with Gasteiger partial charge in [-0.15, -0.1) is 0 Å². The highest BCUT2D eigenvalue weighted by atomic mass is 19.1. The molecule has 4 N–H and O–H groups in total. The van der Waals surface area contributed by atoms with Crippen LogP contribution in [-0.4, -0.2) is 37.4 Å². The number of hydrogen-bond acceptors (Lipinski definition) is 3. The van der Waals surface area contributed by atoms with Crippen molar-refractivity contribution in [1.82, 2.24) is 0 Å². The maximum Gasteiger partial charge on any atom is 0.279 e. The number of hydrogen-bond donors (Lipinski definition) is 4. The molecule has 0 spiro atoms. The minimum Gasteiger partial charge on any atom is -0.326 e. The van der Waals surface area contributed by atoms with Gasteiger partial charge < -0.3 is 20.9 Å². The molecule has 154 valence electrons. The van der Waals surface area contributed by atoms with Crippen molar-refractivity contribution < 1.29 is 23.7 Å². The smallest absolute Gasteiger partial charge is 0.279 e. The van der Waals surface area contributed by atoms with E-state index in [1.54, 1.807) is 37.3 Å². The highest BCUT2D eigenvalue weighted by Gasteiger charge is 2.18. The molecule has 29 heavy (non-hydrogen) atoms. The molecule has 8 heteroatoms. The van der Waals surface area contributed by atoms with Crippen molar-refractivity contribution in [2.24, 2.45) is 0 Å². The molecule has 0 aliphatic heterocycles. The molecular weight excluding hydrogens is 375 g/mol. The van der Waals surface area contributed by atoms with Crippen LogP contribution in [-0.2, 0) is 14.4 Å². The van der Waals surface area contributed by atoms with Crippen LogP contribution in [0.1, 0.15) is 19.4 Å². The van der Waals surface area contributed by atoms with Gasteiger partial charge in [0.15, 0.2) is 13.1 Å². The minimum atomic E-state index is -0.489. The third-order valence-electron chi connectivity index (χ3n) is 4.21. The Hall–Kier alpha value is -3.26. The SMILES string of the molecule is CC[NH+](CC(=O)Nc1ccc(NC(C)=O)cc1)CC(=O)Nc1ccc(C)cc1F. The number of halogens is 1. The van der Waals surface area contributed by atoms with Crippen molar-refractivity contribution in [3.8, 4) is 0 Å². The Kier molecular flexibility index (Phi) is 7.85. The molecular formula is C21H26FN4O3+.